The first-order valence-electron chi connectivity index (χ1n) is 7.95. The Labute approximate surface area is 163 Å². The number of rotatable bonds is 6. The van der Waals surface area contributed by atoms with Crippen molar-refractivity contribution in [2.24, 2.45) is 0 Å². The molecule has 7 nitrogen and oxygen atoms in total. The number of sulfonamides is 1. The highest BCUT2D eigenvalue weighted by Gasteiger charge is 2.23. The van der Waals surface area contributed by atoms with Crippen molar-refractivity contribution in [3.8, 4) is 0 Å². The number of anilines is 1. The Hall–Kier alpha value is -2.42. The van der Waals surface area contributed by atoms with E-state index < -0.39 is 15.9 Å². The molecule has 0 heterocycles. The van der Waals surface area contributed by atoms with E-state index in [4.69, 9.17) is 11.6 Å². The number of nitrogens with one attached hydrogen (secondary N) is 1. The first-order chi connectivity index (χ1) is 12.6. The molecule has 0 spiro atoms. The third-order valence-corrected chi connectivity index (χ3v) is 5.78. The molecule has 2 rings (SSSR count). The van der Waals surface area contributed by atoms with Gasteiger partial charge in [0.05, 0.1) is 11.4 Å². The van der Waals surface area contributed by atoms with Gasteiger partial charge in [-0.1, -0.05) is 11.6 Å². The second kappa shape index (κ2) is 8.51. The Morgan fingerprint density at radius 3 is 2.04 bits per heavy atom. The van der Waals surface area contributed by atoms with E-state index in [0.29, 0.717) is 16.3 Å². The smallest absolute Gasteiger partial charge is 0.253 e. The number of benzene rings is 2. The molecule has 1 N–H and O–H groups in total. The van der Waals surface area contributed by atoms with E-state index in [-0.39, 0.29) is 17.3 Å². The van der Waals surface area contributed by atoms with Crippen LogP contribution < -0.4 is 5.32 Å². The Bertz CT molecular complexity index is 926. The molecule has 0 bridgehead atoms. The van der Waals surface area contributed by atoms with Crippen LogP contribution in [0.15, 0.2) is 53.4 Å². The minimum absolute atomic E-state index is 0.0498. The van der Waals surface area contributed by atoms with Crippen molar-refractivity contribution >= 4 is 39.1 Å². The maximum Gasteiger partial charge on any atom is 0.253 e. The second-order valence-corrected chi connectivity index (χ2v) is 8.52. The summed E-state index contributed by atoms with van der Waals surface area (Å²) in [6, 6.07) is 12.1. The Kier molecular flexibility index (Phi) is 6.59. The van der Waals surface area contributed by atoms with E-state index >= 15 is 0 Å². The summed E-state index contributed by atoms with van der Waals surface area (Å²) in [5.41, 5.74) is 0.952. The lowest BCUT2D eigenvalue weighted by Gasteiger charge is -2.17. The molecule has 0 aliphatic rings. The van der Waals surface area contributed by atoms with Gasteiger partial charge in [0.15, 0.2) is 0 Å². The van der Waals surface area contributed by atoms with Gasteiger partial charge in [-0.15, -0.1) is 0 Å². The fraction of sp³-hybridized carbons (Fsp3) is 0.222. The van der Waals surface area contributed by atoms with Gasteiger partial charge in [0.1, 0.15) is 0 Å². The highest BCUT2D eigenvalue weighted by Crippen LogP contribution is 2.17. The molecule has 27 heavy (non-hydrogen) atoms. The summed E-state index contributed by atoms with van der Waals surface area (Å²) in [6.07, 6.45) is 0. The molecule has 0 aliphatic carbocycles. The van der Waals surface area contributed by atoms with E-state index in [9.17, 15) is 18.0 Å². The number of carbonyl (C=O) groups is 2. The van der Waals surface area contributed by atoms with Gasteiger partial charge in [-0.2, -0.15) is 4.31 Å². The van der Waals surface area contributed by atoms with Crippen molar-refractivity contribution in [2.75, 3.05) is 33.0 Å². The first kappa shape index (κ1) is 20.9. The van der Waals surface area contributed by atoms with Gasteiger partial charge < -0.3 is 10.2 Å². The summed E-state index contributed by atoms with van der Waals surface area (Å²) in [7, 11) is 0.810. The van der Waals surface area contributed by atoms with Crippen LogP contribution in [0.1, 0.15) is 10.4 Å². The predicted molar refractivity (Wildman–Crippen MR) is 104 cm³/mol. The molecule has 2 aromatic carbocycles. The lowest BCUT2D eigenvalue weighted by Crippen LogP contribution is -2.34. The van der Waals surface area contributed by atoms with Gasteiger partial charge in [0, 0.05) is 37.4 Å². The topological polar surface area (TPSA) is 86.8 Å². The Morgan fingerprint density at radius 1 is 0.963 bits per heavy atom. The van der Waals surface area contributed by atoms with Crippen molar-refractivity contribution in [3.05, 3.63) is 59.1 Å². The van der Waals surface area contributed by atoms with E-state index in [1.807, 2.05) is 0 Å². The largest absolute Gasteiger partial charge is 0.345 e. The fourth-order valence-electron chi connectivity index (χ4n) is 2.23. The molecule has 2 amide bonds. The zero-order valence-electron chi connectivity index (χ0n) is 15.1. The number of halogens is 1. The lowest BCUT2D eigenvalue weighted by molar-refractivity contribution is -0.116. The number of amides is 2. The second-order valence-electron chi connectivity index (χ2n) is 6.04. The van der Waals surface area contributed by atoms with Crippen LogP contribution in [0, 0.1) is 0 Å². The fourth-order valence-corrected chi connectivity index (χ4v) is 3.48. The molecule has 0 saturated carbocycles. The minimum Gasteiger partial charge on any atom is -0.345 e. The molecule has 9 heteroatoms. The molecule has 0 fully saturated rings. The summed E-state index contributed by atoms with van der Waals surface area (Å²) >= 11 is 5.77. The quantitative estimate of drug-likeness (QED) is 0.793. The van der Waals surface area contributed by atoms with E-state index in [0.717, 1.165) is 4.31 Å². The van der Waals surface area contributed by atoms with Gasteiger partial charge in [-0.25, -0.2) is 8.42 Å². The average molecular weight is 410 g/mol. The Morgan fingerprint density at radius 2 is 1.52 bits per heavy atom. The molecule has 0 saturated heterocycles. The summed E-state index contributed by atoms with van der Waals surface area (Å²) in [5.74, 6) is -0.650. The highest BCUT2D eigenvalue weighted by molar-refractivity contribution is 7.89. The van der Waals surface area contributed by atoms with Crippen LogP contribution in [0.4, 0.5) is 5.69 Å². The molecule has 0 radical (unpaired) electrons. The standard InChI is InChI=1S/C18H20ClN3O4S/c1-21(2)18(24)13-4-8-15(9-5-13)20-17(23)12-22(3)27(25,26)16-10-6-14(19)7-11-16/h4-11H,12H2,1-3H3,(H,20,23). The summed E-state index contributed by atoms with van der Waals surface area (Å²) in [6.45, 7) is -0.358. The average Bonchev–Trinajstić information content (AvgIpc) is 2.61. The van der Waals surface area contributed by atoms with Crippen LogP contribution in [0.2, 0.25) is 5.02 Å². The molecule has 0 unspecified atom stereocenters. The molecule has 2 aromatic rings. The monoisotopic (exact) mass is 409 g/mol. The predicted octanol–water partition coefficient (Wildman–Crippen LogP) is 2.30. The van der Waals surface area contributed by atoms with Crippen molar-refractivity contribution in [1.82, 2.24) is 9.21 Å². The minimum atomic E-state index is -3.81. The maximum atomic E-state index is 12.5. The molecular formula is C18H20ClN3O4S. The van der Waals surface area contributed by atoms with Crippen LogP contribution in [-0.4, -0.2) is 57.1 Å². The molecule has 0 aliphatic heterocycles. The van der Waals surface area contributed by atoms with Crippen LogP contribution >= 0.6 is 11.6 Å². The maximum absolute atomic E-state index is 12.5. The number of nitrogens with zero attached hydrogens (tertiary/aromatic N) is 2. The first-order valence-corrected chi connectivity index (χ1v) is 9.76. The zero-order chi connectivity index (χ0) is 20.2. The number of hydrogen-bond acceptors (Lipinski definition) is 4. The number of carbonyl (C=O) groups excluding carboxylic acids is 2. The van der Waals surface area contributed by atoms with Crippen LogP contribution in [-0.2, 0) is 14.8 Å². The summed E-state index contributed by atoms with van der Waals surface area (Å²) < 4.78 is 25.9. The van der Waals surface area contributed by atoms with Crippen LogP contribution in [0.25, 0.3) is 0 Å². The van der Waals surface area contributed by atoms with Crippen molar-refractivity contribution in [3.63, 3.8) is 0 Å². The number of likely N-dealkylation sites (N-methyl/N-ethyl adjacent to an activating group) is 1. The third-order valence-electron chi connectivity index (χ3n) is 3.71. The summed E-state index contributed by atoms with van der Waals surface area (Å²) in [4.78, 5) is 25.5. The normalized spacial score (nSPS) is 11.3. The molecular weight excluding hydrogens is 390 g/mol. The van der Waals surface area contributed by atoms with Gasteiger partial charge in [-0.3, -0.25) is 9.59 Å². The van der Waals surface area contributed by atoms with Crippen molar-refractivity contribution in [1.29, 1.82) is 0 Å². The SMILES string of the molecule is CN(C)C(=O)c1ccc(NC(=O)CN(C)S(=O)(=O)c2ccc(Cl)cc2)cc1. The van der Waals surface area contributed by atoms with Crippen LogP contribution in [0.5, 0.6) is 0 Å². The van der Waals surface area contributed by atoms with E-state index in [1.165, 1.54) is 36.2 Å². The summed E-state index contributed by atoms with van der Waals surface area (Å²) in [5, 5.41) is 3.03. The highest BCUT2D eigenvalue weighted by atomic mass is 35.5. The van der Waals surface area contributed by atoms with Gasteiger partial charge in [0.2, 0.25) is 15.9 Å². The molecule has 0 aromatic heterocycles. The third kappa shape index (κ3) is 5.29. The number of hydrogen-bond donors (Lipinski definition) is 1. The Balaban J connectivity index is 2.02. The van der Waals surface area contributed by atoms with Crippen molar-refractivity contribution < 1.29 is 18.0 Å². The van der Waals surface area contributed by atoms with E-state index in [1.54, 1.807) is 38.4 Å². The van der Waals surface area contributed by atoms with Crippen LogP contribution in [0.3, 0.4) is 0 Å². The van der Waals surface area contributed by atoms with Gasteiger partial charge in [0.25, 0.3) is 5.91 Å². The molecule has 144 valence electrons. The molecule has 0 atom stereocenters. The van der Waals surface area contributed by atoms with Gasteiger partial charge in [-0.05, 0) is 48.5 Å². The zero-order valence-corrected chi connectivity index (χ0v) is 16.7. The lowest BCUT2D eigenvalue weighted by atomic mass is 10.2. The van der Waals surface area contributed by atoms with Gasteiger partial charge >= 0.3 is 0 Å². The van der Waals surface area contributed by atoms with Crippen molar-refractivity contribution in [2.45, 2.75) is 4.90 Å². The van der Waals surface area contributed by atoms with E-state index in [2.05, 4.69) is 5.32 Å².